The molecule has 0 saturated heterocycles. The summed E-state index contributed by atoms with van der Waals surface area (Å²) in [7, 11) is -3.00. The zero-order valence-electron chi connectivity index (χ0n) is 10.6. The summed E-state index contributed by atoms with van der Waals surface area (Å²) in [5, 5.41) is 3.23. The Morgan fingerprint density at radius 1 is 1.20 bits per heavy atom. The second-order valence-corrected chi connectivity index (χ2v) is 7.72. The molecule has 1 unspecified atom stereocenters. The maximum Gasteiger partial charge on any atom is 0.156 e. The summed E-state index contributed by atoms with van der Waals surface area (Å²) in [6, 6.07) is 0.101. The molecule has 4 heteroatoms. The lowest BCUT2D eigenvalue weighted by molar-refractivity contribution is 0.501. The van der Waals surface area contributed by atoms with Crippen molar-refractivity contribution in [1.29, 1.82) is 0 Å². The fourth-order valence-electron chi connectivity index (χ4n) is 1.40. The van der Waals surface area contributed by atoms with Gasteiger partial charge in [0.1, 0.15) is 0 Å². The minimum absolute atomic E-state index is 0.101. The zero-order chi connectivity index (χ0) is 12.1. The minimum atomic E-state index is -3.00. The molecular weight excluding hydrogens is 210 g/mol. The van der Waals surface area contributed by atoms with Crippen LogP contribution in [0, 0.1) is 0 Å². The molecule has 0 spiro atoms. The molecule has 0 amide bonds. The van der Waals surface area contributed by atoms with Crippen LogP contribution in [0.3, 0.4) is 0 Å². The van der Waals surface area contributed by atoms with Crippen LogP contribution in [-0.4, -0.2) is 31.5 Å². The van der Waals surface area contributed by atoms with Gasteiger partial charge in [-0.2, -0.15) is 0 Å². The zero-order valence-corrected chi connectivity index (χ0v) is 11.4. The highest BCUT2D eigenvalue weighted by Gasteiger charge is 2.31. The normalized spacial score (nSPS) is 15.3. The highest BCUT2D eigenvalue weighted by molar-refractivity contribution is 7.92. The Bertz CT molecular complexity index is 259. The fourth-order valence-corrected chi connectivity index (χ4v) is 2.71. The number of hydrogen-bond donors (Lipinski definition) is 1. The van der Waals surface area contributed by atoms with Crippen molar-refractivity contribution >= 4 is 9.84 Å². The van der Waals surface area contributed by atoms with Crippen molar-refractivity contribution in [3.8, 4) is 0 Å². The lowest BCUT2D eigenvalue weighted by Crippen LogP contribution is -2.41. The maximum atomic E-state index is 12.0. The van der Waals surface area contributed by atoms with E-state index in [1.165, 1.54) is 0 Å². The highest BCUT2D eigenvalue weighted by Crippen LogP contribution is 2.17. The quantitative estimate of drug-likeness (QED) is 0.765. The van der Waals surface area contributed by atoms with Gasteiger partial charge in [0, 0.05) is 6.04 Å². The van der Waals surface area contributed by atoms with E-state index in [1.807, 2.05) is 6.92 Å². The third-order valence-electron chi connectivity index (χ3n) is 2.48. The smallest absolute Gasteiger partial charge is 0.156 e. The molecular formula is C11H25NO2S. The molecule has 0 saturated carbocycles. The third-order valence-corrected chi connectivity index (χ3v) is 5.19. The molecule has 0 aromatic heterocycles. The predicted octanol–water partition coefficient (Wildman–Crippen LogP) is 1.98. The van der Waals surface area contributed by atoms with Crippen molar-refractivity contribution < 1.29 is 8.42 Å². The minimum Gasteiger partial charge on any atom is -0.313 e. The Kier molecular flexibility index (Phi) is 5.81. The molecule has 92 valence electrons. The number of sulfone groups is 1. The van der Waals surface area contributed by atoms with E-state index in [9.17, 15) is 8.42 Å². The maximum absolute atomic E-state index is 12.0. The largest absolute Gasteiger partial charge is 0.313 e. The van der Waals surface area contributed by atoms with E-state index in [0.717, 1.165) is 19.4 Å². The molecule has 0 aromatic rings. The van der Waals surface area contributed by atoms with Gasteiger partial charge in [-0.1, -0.05) is 20.3 Å². The van der Waals surface area contributed by atoms with Gasteiger partial charge in [-0.3, -0.25) is 0 Å². The molecule has 0 aliphatic heterocycles. The van der Waals surface area contributed by atoms with Gasteiger partial charge in [0.05, 0.1) is 10.5 Å². The first-order chi connectivity index (χ1) is 6.74. The van der Waals surface area contributed by atoms with Crippen molar-refractivity contribution in [2.75, 3.05) is 12.3 Å². The van der Waals surface area contributed by atoms with E-state index < -0.39 is 14.6 Å². The lowest BCUT2D eigenvalue weighted by Gasteiger charge is -2.24. The first-order valence-electron chi connectivity index (χ1n) is 5.70. The molecule has 1 N–H and O–H groups in total. The molecule has 15 heavy (non-hydrogen) atoms. The molecule has 0 rings (SSSR count). The summed E-state index contributed by atoms with van der Waals surface area (Å²) in [6.45, 7) is 10.2. The Labute approximate surface area is 94.6 Å². The SMILES string of the molecule is CCCC(CS(=O)(=O)C(C)(C)C)NCC. The van der Waals surface area contributed by atoms with Crippen molar-refractivity contribution in [3.63, 3.8) is 0 Å². The van der Waals surface area contributed by atoms with Gasteiger partial charge in [-0.15, -0.1) is 0 Å². The highest BCUT2D eigenvalue weighted by atomic mass is 32.2. The van der Waals surface area contributed by atoms with E-state index in [-0.39, 0.29) is 11.8 Å². The van der Waals surface area contributed by atoms with E-state index >= 15 is 0 Å². The first-order valence-corrected chi connectivity index (χ1v) is 7.35. The predicted molar refractivity (Wildman–Crippen MR) is 65.9 cm³/mol. The van der Waals surface area contributed by atoms with Crippen LogP contribution in [0.15, 0.2) is 0 Å². The van der Waals surface area contributed by atoms with Crippen LogP contribution < -0.4 is 5.32 Å². The van der Waals surface area contributed by atoms with Crippen molar-refractivity contribution in [3.05, 3.63) is 0 Å². The average molecular weight is 235 g/mol. The summed E-state index contributed by atoms with van der Waals surface area (Å²) in [5.74, 6) is 0.248. The molecule has 0 radical (unpaired) electrons. The summed E-state index contributed by atoms with van der Waals surface area (Å²) in [5.41, 5.74) is 0. The molecule has 0 aromatic carbocycles. The van der Waals surface area contributed by atoms with E-state index in [2.05, 4.69) is 12.2 Å². The molecule has 0 aliphatic rings. The van der Waals surface area contributed by atoms with Gasteiger partial charge >= 0.3 is 0 Å². The van der Waals surface area contributed by atoms with Gasteiger partial charge < -0.3 is 5.32 Å². The van der Waals surface area contributed by atoms with E-state index in [4.69, 9.17) is 0 Å². The second kappa shape index (κ2) is 5.85. The standard InChI is InChI=1S/C11H25NO2S/c1-6-8-10(12-7-2)9-15(13,14)11(3,4)5/h10,12H,6-9H2,1-5H3. The van der Waals surface area contributed by atoms with Crippen LogP contribution in [0.5, 0.6) is 0 Å². The van der Waals surface area contributed by atoms with Gasteiger partial charge in [-0.25, -0.2) is 8.42 Å². The second-order valence-electron chi connectivity index (χ2n) is 4.94. The van der Waals surface area contributed by atoms with Crippen molar-refractivity contribution in [2.45, 2.75) is 58.2 Å². The average Bonchev–Trinajstić information content (AvgIpc) is 2.02. The molecule has 0 heterocycles. The van der Waals surface area contributed by atoms with Gasteiger partial charge in [-0.05, 0) is 33.7 Å². The summed E-state index contributed by atoms with van der Waals surface area (Å²) in [6.07, 6.45) is 1.93. The van der Waals surface area contributed by atoms with Crippen LogP contribution in [0.4, 0.5) is 0 Å². The van der Waals surface area contributed by atoms with Crippen LogP contribution in [-0.2, 0) is 9.84 Å². The monoisotopic (exact) mass is 235 g/mol. The van der Waals surface area contributed by atoms with Gasteiger partial charge in [0.25, 0.3) is 0 Å². The molecule has 0 bridgehead atoms. The number of hydrogen-bond acceptors (Lipinski definition) is 3. The number of rotatable bonds is 6. The molecule has 0 aliphatic carbocycles. The van der Waals surface area contributed by atoms with Crippen LogP contribution in [0.1, 0.15) is 47.5 Å². The lowest BCUT2D eigenvalue weighted by atomic mass is 10.2. The topological polar surface area (TPSA) is 46.2 Å². The van der Waals surface area contributed by atoms with Crippen molar-refractivity contribution in [2.24, 2.45) is 0 Å². The molecule has 0 fully saturated rings. The summed E-state index contributed by atoms with van der Waals surface area (Å²) in [4.78, 5) is 0. The van der Waals surface area contributed by atoms with E-state index in [0.29, 0.717) is 0 Å². The van der Waals surface area contributed by atoms with E-state index in [1.54, 1.807) is 20.8 Å². The Hall–Kier alpha value is -0.0900. The van der Waals surface area contributed by atoms with Gasteiger partial charge in [0.15, 0.2) is 9.84 Å². The Morgan fingerprint density at radius 2 is 1.73 bits per heavy atom. The van der Waals surface area contributed by atoms with Crippen LogP contribution in [0.2, 0.25) is 0 Å². The Morgan fingerprint density at radius 3 is 2.07 bits per heavy atom. The van der Waals surface area contributed by atoms with Crippen LogP contribution in [0.25, 0.3) is 0 Å². The van der Waals surface area contributed by atoms with Crippen LogP contribution >= 0.6 is 0 Å². The third kappa shape index (κ3) is 4.98. The molecule has 1 atom stereocenters. The fraction of sp³-hybridized carbons (Fsp3) is 1.00. The number of nitrogens with one attached hydrogen (secondary N) is 1. The molecule has 3 nitrogen and oxygen atoms in total. The van der Waals surface area contributed by atoms with Gasteiger partial charge in [0.2, 0.25) is 0 Å². The Balaban J connectivity index is 4.53. The summed E-state index contributed by atoms with van der Waals surface area (Å²) < 4.78 is 23.3. The first kappa shape index (κ1) is 14.9. The van der Waals surface area contributed by atoms with Crippen molar-refractivity contribution in [1.82, 2.24) is 5.32 Å². The summed E-state index contributed by atoms with van der Waals surface area (Å²) >= 11 is 0.